The van der Waals surface area contributed by atoms with Crippen molar-refractivity contribution in [2.24, 2.45) is 0 Å². The Kier molecular flexibility index (Phi) is 8.79. The van der Waals surface area contributed by atoms with Gasteiger partial charge in [-0.15, -0.1) is 12.4 Å². The maximum Gasteiger partial charge on any atom is 0.124 e. The molecule has 5 heteroatoms. The number of halogens is 2. The fraction of sp³-hybridized carbons (Fsp3) is 0.217. The predicted molar refractivity (Wildman–Crippen MR) is 113 cm³/mol. The zero-order valence-corrected chi connectivity index (χ0v) is 16.7. The molecule has 3 nitrogen and oxygen atoms in total. The van der Waals surface area contributed by atoms with Gasteiger partial charge in [0.2, 0.25) is 0 Å². The number of nitrogens with one attached hydrogen (secondary N) is 1. The number of methoxy groups -OCH3 is 1. The van der Waals surface area contributed by atoms with E-state index in [1.807, 2.05) is 30.3 Å². The zero-order valence-electron chi connectivity index (χ0n) is 15.9. The number of para-hydroxylation sites is 1. The molecule has 0 aliphatic carbocycles. The Labute approximate surface area is 171 Å². The molecule has 0 saturated carbocycles. The van der Waals surface area contributed by atoms with Crippen LogP contribution in [-0.2, 0) is 19.6 Å². The van der Waals surface area contributed by atoms with E-state index in [4.69, 9.17) is 9.47 Å². The summed E-state index contributed by atoms with van der Waals surface area (Å²) in [5.41, 5.74) is 3.32. The quantitative estimate of drug-likeness (QED) is 0.502. The molecule has 0 atom stereocenters. The van der Waals surface area contributed by atoms with Crippen LogP contribution in [0.5, 0.6) is 11.5 Å². The third-order valence-corrected chi connectivity index (χ3v) is 4.35. The van der Waals surface area contributed by atoms with Crippen LogP contribution >= 0.6 is 12.4 Å². The molecule has 0 saturated heterocycles. The van der Waals surface area contributed by atoms with Gasteiger partial charge in [0.05, 0.1) is 7.11 Å². The highest BCUT2D eigenvalue weighted by atomic mass is 35.5. The van der Waals surface area contributed by atoms with Crippen molar-refractivity contribution < 1.29 is 13.9 Å². The van der Waals surface area contributed by atoms with Crippen LogP contribution < -0.4 is 14.8 Å². The van der Waals surface area contributed by atoms with Gasteiger partial charge in [0.1, 0.15) is 23.9 Å². The van der Waals surface area contributed by atoms with Crippen molar-refractivity contribution in [3.8, 4) is 11.5 Å². The lowest BCUT2D eigenvalue weighted by Crippen LogP contribution is -2.17. The third kappa shape index (κ3) is 6.55. The maximum absolute atomic E-state index is 13.0. The second-order valence-electron chi connectivity index (χ2n) is 6.30. The van der Waals surface area contributed by atoms with E-state index in [0.717, 1.165) is 42.1 Å². The molecule has 0 aliphatic heterocycles. The van der Waals surface area contributed by atoms with Crippen LogP contribution in [0.2, 0.25) is 0 Å². The molecule has 28 heavy (non-hydrogen) atoms. The fourth-order valence-electron chi connectivity index (χ4n) is 2.78. The molecule has 3 aromatic rings. The molecule has 0 amide bonds. The zero-order chi connectivity index (χ0) is 18.9. The van der Waals surface area contributed by atoms with Gasteiger partial charge in [-0.3, -0.25) is 0 Å². The molecule has 0 spiro atoms. The van der Waals surface area contributed by atoms with Crippen molar-refractivity contribution in [3.63, 3.8) is 0 Å². The van der Waals surface area contributed by atoms with Gasteiger partial charge in [0.15, 0.2) is 0 Å². The molecule has 0 heterocycles. The Hall–Kier alpha value is -2.56. The molecule has 3 aromatic carbocycles. The lowest BCUT2D eigenvalue weighted by Gasteiger charge is -2.12. The first-order valence-corrected chi connectivity index (χ1v) is 9.03. The van der Waals surface area contributed by atoms with E-state index < -0.39 is 0 Å². The molecule has 0 aromatic heterocycles. The molecular formula is C23H25ClFNO2. The summed E-state index contributed by atoms with van der Waals surface area (Å²) < 4.78 is 24.1. The number of hydrogen-bond acceptors (Lipinski definition) is 3. The number of hydrogen-bond donors (Lipinski definition) is 1. The monoisotopic (exact) mass is 401 g/mol. The first-order chi connectivity index (χ1) is 13.2. The molecule has 1 N–H and O–H groups in total. The number of rotatable bonds is 9. The standard InChI is InChI=1S/C23H24FNO2.ClH/c1-26-22-12-8-18(9-13-22)14-15-25-16-20-4-2-3-5-23(20)27-17-19-6-10-21(24)11-7-19;/h2-13,25H,14-17H2,1H3;1H. The van der Waals surface area contributed by atoms with Crippen molar-refractivity contribution >= 4 is 12.4 Å². The Balaban J connectivity index is 0.00000280. The molecule has 3 rings (SSSR count). The Morgan fingerprint density at radius 2 is 1.54 bits per heavy atom. The lowest BCUT2D eigenvalue weighted by molar-refractivity contribution is 0.302. The smallest absolute Gasteiger partial charge is 0.124 e. The minimum absolute atomic E-state index is 0. The van der Waals surface area contributed by atoms with Gasteiger partial charge in [-0.1, -0.05) is 42.5 Å². The Bertz CT molecular complexity index is 838. The van der Waals surface area contributed by atoms with Crippen LogP contribution in [0.15, 0.2) is 72.8 Å². The SMILES string of the molecule is COc1ccc(CCNCc2ccccc2OCc2ccc(F)cc2)cc1.Cl. The molecule has 0 unspecified atom stereocenters. The van der Waals surface area contributed by atoms with Crippen LogP contribution in [0.25, 0.3) is 0 Å². The van der Waals surface area contributed by atoms with Gasteiger partial charge in [-0.05, 0) is 54.4 Å². The summed E-state index contributed by atoms with van der Waals surface area (Å²) in [5.74, 6) is 1.48. The average molecular weight is 402 g/mol. The van der Waals surface area contributed by atoms with Crippen molar-refractivity contribution in [1.29, 1.82) is 0 Å². The summed E-state index contributed by atoms with van der Waals surface area (Å²) >= 11 is 0. The summed E-state index contributed by atoms with van der Waals surface area (Å²) in [4.78, 5) is 0. The Morgan fingerprint density at radius 3 is 2.25 bits per heavy atom. The van der Waals surface area contributed by atoms with Crippen LogP contribution in [0, 0.1) is 5.82 Å². The van der Waals surface area contributed by atoms with Gasteiger partial charge in [0, 0.05) is 12.1 Å². The van der Waals surface area contributed by atoms with E-state index in [-0.39, 0.29) is 18.2 Å². The van der Waals surface area contributed by atoms with E-state index in [1.54, 1.807) is 19.2 Å². The molecular weight excluding hydrogens is 377 g/mol. The van der Waals surface area contributed by atoms with Gasteiger partial charge < -0.3 is 14.8 Å². The van der Waals surface area contributed by atoms with E-state index in [9.17, 15) is 4.39 Å². The average Bonchev–Trinajstić information content (AvgIpc) is 2.72. The maximum atomic E-state index is 13.0. The summed E-state index contributed by atoms with van der Waals surface area (Å²) in [5, 5.41) is 3.46. The van der Waals surface area contributed by atoms with Gasteiger partial charge in [-0.25, -0.2) is 4.39 Å². The van der Waals surface area contributed by atoms with Crippen molar-refractivity contribution in [3.05, 3.63) is 95.3 Å². The highest BCUT2D eigenvalue weighted by molar-refractivity contribution is 5.85. The van der Waals surface area contributed by atoms with Crippen LogP contribution in [-0.4, -0.2) is 13.7 Å². The predicted octanol–water partition coefficient (Wildman–Crippen LogP) is 5.17. The van der Waals surface area contributed by atoms with E-state index in [0.29, 0.717) is 6.61 Å². The lowest BCUT2D eigenvalue weighted by atomic mass is 10.1. The summed E-state index contributed by atoms with van der Waals surface area (Å²) in [7, 11) is 1.67. The van der Waals surface area contributed by atoms with Gasteiger partial charge in [-0.2, -0.15) is 0 Å². The van der Waals surface area contributed by atoms with E-state index >= 15 is 0 Å². The van der Waals surface area contributed by atoms with E-state index in [1.165, 1.54) is 17.7 Å². The highest BCUT2D eigenvalue weighted by Gasteiger charge is 2.04. The molecule has 0 bridgehead atoms. The summed E-state index contributed by atoms with van der Waals surface area (Å²) in [6.45, 7) is 2.03. The summed E-state index contributed by atoms with van der Waals surface area (Å²) in [6.07, 6.45) is 0.947. The van der Waals surface area contributed by atoms with Crippen LogP contribution in [0.1, 0.15) is 16.7 Å². The van der Waals surface area contributed by atoms with Crippen LogP contribution in [0.4, 0.5) is 4.39 Å². The minimum Gasteiger partial charge on any atom is -0.497 e. The van der Waals surface area contributed by atoms with Gasteiger partial charge >= 0.3 is 0 Å². The third-order valence-electron chi connectivity index (χ3n) is 4.35. The fourth-order valence-corrected chi connectivity index (χ4v) is 2.78. The Morgan fingerprint density at radius 1 is 0.857 bits per heavy atom. The molecule has 0 fully saturated rings. The molecule has 0 radical (unpaired) electrons. The second-order valence-corrected chi connectivity index (χ2v) is 6.30. The van der Waals surface area contributed by atoms with Crippen molar-refractivity contribution in [2.45, 2.75) is 19.6 Å². The minimum atomic E-state index is -0.236. The molecule has 0 aliphatic rings. The highest BCUT2D eigenvalue weighted by Crippen LogP contribution is 2.19. The normalized spacial score (nSPS) is 10.2. The van der Waals surface area contributed by atoms with Crippen molar-refractivity contribution in [1.82, 2.24) is 5.32 Å². The number of benzene rings is 3. The number of ether oxygens (including phenoxy) is 2. The summed E-state index contributed by atoms with van der Waals surface area (Å²) in [6, 6.07) is 22.5. The topological polar surface area (TPSA) is 30.5 Å². The second kappa shape index (κ2) is 11.3. The first kappa shape index (κ1) is 21.7. The van der Waals surface area contributed by atoms with Crippen LogP contribution in [0.3, 0.4) is 0 Å². The first-order valence-electron chi connectivity index (χ1n) is 9.03. The van der Waals surface area contributed by atoms with Crippen molar-refractivity contribution in [2.75, 3.05) is 13.7 Å². The van der Waals surface area contributed by atoms with Gasteiger partial charge in [0.25, 0.3) is 0 Å². The molecule has 148 valence electrons. The van der Waals surface area contributed by atoms with E-state index in [2.05, 4.69) is 23.5 Å². The largest absolute Gasteiger partial charge is 0.497 e.